The van der Waals surface area contributed by atoms with Gasteiger partial charge in [-0.3, -0.25) is 14.5 Å². The summed E-state index contributed by atoms with van der Waals surface area (Å²) in [6.45, 7) is 7.63. The third kappa shape index (κ3) is 3.47. The van der Waals surface area contributed by atoms with Crippen molar-refractivity contribution in [2.75, 3.05) is 32.7 Å². The molecule has 0 aromatic rings. The number of carbonyl (C=O) groups excluding carboxylic acids is 1. The molecular weight excluding hydrogens is 244 g/mol. The van der Waals surface area contributed by atoms with Crippen molar-refractivity contribution >= 4 is 11.9 Å². The lowest BCUT2D eigenvalue weighted by Crippen LogP contribution is -2.55. The van der Waals surface area contributed by atoms with Gasteiger partial charge in [-0.15, -0.1) is 0 Å². The van der Waals surface area contributed by atoms with Gasteiger partial charge in [0.25, 0.3) is 0 Å². The molecule has 2 unspecified atom stereocenters. The smallest absolute Gasteiger partial charge is 0.306 e. The minimum atomic E-state index is -0.735. The van der Waals surface area contributed by atoms with E-state index in [1.54, 1.807) is 6.92 Å². The number of rotatable bonds is 4. The second kappa shape index (κ2) is 5.90. The van der Waals surface area contributed by atoms with Gasteiger partial charge in [-0.2, -0.15) is 0 Å². The zero-order chi connectivity index (χ0) is 14.0. The van der Waals surface area contributed by atoms with Crippen molar-refractivity contribution in [1.29, 1.82) is 0 Å². The first kappa shape index (κ1) is 14.3. The molecule has 5 heteroatoms. The number of carboxylic acids is 1. The van der Waals surface area contributed by atoms with Crippen LogP contribution in [-0.2, 0) is 9.59 Å². The van der Waals surface area contributed by atoms with Crippen molar-refractivity contribution in [2.45, 2.75) is 26.7 Å². The predicted molar refractivity (Wildman–Crippen MR) is 71.7 cm³/mol. The zero-order valence-electron chi connectivity index (χ0n) is 11.8. The SMILES string of the molecule is CC1CCCN(C(=O)CN2CC(C(C)C(=O)O)C2)C1. The molecule has 0 spiro atoms. The van der Waals surface area contributed by atoms with Gasteiger partial charge in [-0.1, -0.05) is 13.8 Å². The van der Waals surface area contributed by atoms with Crippen LogP contribution in [0.25, 0.3) is 0 Å². The lowest BCUT2D eigenvalue weighted by Gasteiger charge is -2.42. The minimum absolute atomic E-state index is 0.200. The van der Waals surface area contributed by atoms with E-state index in [9.17, 15) is 9.59 Å². The lowest BCUT2D eigenvalue weighted by molar-refractivity contribution is -0.146. The number of nitrogens with zero attached hydrogens (tertiary/aromatic N) is 2. The molecule has 2 aliphatic rings. The van der Waals surface area contributed by atoms with E-state index in [1.807, 2.05) is 4.90 Å². The summed E-state index contributed by atoms with van der Waals surface area (Å²) in [5.41, 5.74) is 0. The van der Waals surface area contributed by atoms with Crippen molar-refractivity contribution in [2.24, 2.45) is 17.8 Å². The summed E-state index contributed by atoms with van der Waals surface area (Å²) in [7, 11) is 0. The van der Waals surface area contributed by atoms with Gasteiger partial charge in [0, 0.05) is 26.2 Å². The highest BCUT2D eigenvalue weighted by atomic mass is 16.4. The molecule has 19 heavy (non-hydrogen) atoms. The van der Waals surface area contributed by atoms with Crippen LogP contribution >= 0.6 is 0 Å². The van der Waals surface area contributed by atoms with Gasteiger partial charge in [0.05, 0.1) is 12.5 Å². The van der Waals surface area contributed by atoms with E-state index in [0.717, 1.165) is 32.6 Å². The van der Waals surface area contributed by atoms with E-state index in [0.29, 0.717) is 12.5 Å². The fraction of sp³-hybridized carbons (Fsp3) is 0.857. The summed E-state index contributed by atoms with van der Waals surface area (Å²) in [5.74, 6) is -0.0328. The molecule has 2 heterocycles. The Morgan fingerprint density at radius 3 is 2.58 bits per heavy atom. The summed E-state index contributed by atoms with van der Waals surface area (Å²) in [5, 5.41) is 8.92. The molecule has 2 atom stereocenters. The minimum Gasteiger partial charge on any atom is -0.481 e. The Morgan fingerprint density at radius 1 is 1.32 bits per heavy atom. The fourth-order valence-corrected chi connectivity index (χ4v) is 2.96. The monoisotopic (exact) mass is 268 g/mol. The van der Waals surface area contributed by atoms with E-state index in [4.69, 9.17) is 5.11 Å². The van der Waals surface area contributed by atoms with Gasteiger partial charge in [0.1, 0.15) is 0 Å². The molecule has 0 aromatic carbocycles. The number of likely N-dealkylation sites (tertiary alicyclic amines) is 2. The molecule has 2 fully saturated rings. The second-order valence-corrected chi connectivity index (χ2v) is 6.17. The Kier molecular flexibility index (Phi) is 4.45. The molecule has 2 rings (SSSR count). The number of hydrogen-bond acceptors (Lipinski definition) is 3. The van der Waals surface area contributed by atoms with E-state index in [2.05, 4.69) is 11.8 Å². The first-order valence-electron chi connectivity index (χ1n) is 7.20. The first-order valence-corrected chi connectivity index (χ1v) is 7.20. The van der Waals surface area contributed by atoms with E-state index in [1.165, 1.54) is 6.42 Å². The van der Waals surface area contributed by atoms with Crippen LogP contribution in [0.4, 0.5) is 0 Å². The number of carboxylic acid groups (broad SMARTS) is 1. The van der Waals surface area contributed by atoms with Gasteiger partial charge in [-0.05, 0) is 24.7 Å². The standard InChI is InChI=1S/C14H24N2O3/c1-10-4-3-5-16(6-10)13(17)9-15-7-12(8-15)11(2)14(18)19/h10-12H,3-9H2,1-2H3,(H,18,19). The normalized spacial score (nSPS) is 26.8. The zero-order valence-corrected chi connectivity index (χ0v) is 11.8. The van der Waals surface area contributed by atoms with E-state index >= 15 is 0 Å². The number of aliphatic carboxylic acids is 1. The molecule has 0 saturated carbocycles. The molecule has 5 nitrogen and oxygen atoms in total. The summed E-state index contributed by atoms with van der Waals surface area (Å²) in [4.78, 5) is 27.0. The van der Waals surface area contributed by atoms with E-state index < -0.39 is 5.97 Å². The van der Waals surface area contributed by atoms with Crippen LogP contribution in [0.3, 0.4) is 0 Å². The molecule has 2 saturated heterocycles. The van der Waals surface area contributed by atoms with Crippen molar-refractivity contribution < 1.29 is 14.7 Å². The molecule has 1 N–H and O–H groups in total. The van der Waals surface area contributed by atoms with Crippen LogP contribution in [0.2, 0.25) is 0 Å². The molecule has 0 aliphatic carbocycles. The maximum Gasteiger partial charge on any atom is 0.306 e. The number of hydrogen-bond donors (Lipinski definition) is 1. The van der Waals surface area contributed by atoms with Gasteiger partial charge in [0.15, 0.2) is 0 Å². The number of carbonyl (C=O) groups is 2. The van der Waals surface area contributed by atoms with Crippen LogP contribution in [0.5, 0.6) is 0 Å². The average Bonchev–Trinajstić information content (AvgIpc) is 2.32. The topological polar surface area (TPSA) is 60.9 Å². The second-order valence-electron chi connectivity index (χ2n) is 6.17. The van der Waals surface area contributed by atoms with Gasteiger partial charge in [-0.25, -0.2) is 0 Å². The Hall–Kier alpha value is -1.10. The maximum atomic E-state index is 12.1. The Bertz CT molecular complexity index is 353. The highest BCUT2D eigenvalue weighted by Gasteiger charge is 2.36. The Balaban J connectivity index is 1.72. The van der Waals surface area contributed by atoms with Gasteiger partial charge in [0.2, 0.25) is 5.91 Å². The summed E-state index contributed by atoms with van der Waals surface area (Å²) < 4.78 is 0. The molecule has 0 radical (unpaired) electrons. The third-order valence-electron chi connectivity index (χ3n) is 4.45. The van der Waals surface area contributed by atoms with Crippen molar-refractivity contribution in [1.82, 2.24) is 9.80 Å². The summed E-state index contributed by atoms with van der Waals surface area (Å²) >= 11 is 0. The third-order valence-corrected chi connectivity index (χ3v) is 4.45. The summed E-state index contributed by atoms with van der Waals surface area (Å²) in [6.07, 6.45) is 2.32. The molecule has 1 amide bonds. The molecule has 2 aliphatic heterocycles. The van der Waals surface area contributed by atoms with Crippen LogP contribution in [0.1, 0.15) is 26.7 Å². The maximum absolute atomic E-state index is 12.1. The number of piperidine rings is 1. The van der Waals surface area contributed by atoms with Crippen LogP contribution in [0, 0.1) is 17.8 Å². The van der Waals surface area contributed by atoms with Crippen molar-refractivity contribution in [3.05, 3.63) is 0 Å². The highest BCUT2D eigenvalue weighted by molar-refractivity contribution is 5.78. The largest absolute Gasteiger partial charge is 0.481 e. The molecule has 0 aromatic heterocycles. The summed E-state index contributed by atoms with van der Waals surface area (Å²) in [6, 6.07) is 0. The van der Waals surface area contributed by atoms with Crippen LogP contribution in [0.15, 0.2) is 0 Å². The van der Waals surface area contributed by atoms with Gasteiger partial charge >= 0.3 is 5.97 Å². The average molecular weight is 268 g/mol. The molecule has 0 bridgehead atoms. The Morgan fingerprint density at radius 2 is 2.00 bits per heavy atom. The quantitative estimate of drug-likeness (QED) is 0.823. The predicted octanol–water partition coefficient (Wildman–Crippen LogP) is 0.897. The van der Waals surface area contributed by atoms with Crippen molar-refractivity contribution in [3.63, 3.8) is 0 Å². The lowest BCUT2D eigenvalue weighted by atomic mass is 9.87. The number of amides is 1. The van der Waals surface area contributed by atoms with E-state index in [-0.39, 0.29) is 17.7 Å². The Labute approximate surface area is 114 Å². The van der Waals surface area contributed by atoms with Crippen LogP contribution in [-0.4, -0.2) is 59.5 Å². The molecular formula is C14H24N2O3. The van der Waals surface area contributed by atoms with Crippen molar-refractivity contribution in [3.8, 4) is 0 Å². The highest BCUT2D eigenvalue weighted by Crippen LogP contribution is 2.24. The fourth-order valence-electron chi connectivity index (χ4n) is 2.96. The molecule has 108 valence electrons. The first-order chi connectivity index (χ1) is 8.97. The van der Waals surface area contributed by atoms with Gasteiger partial charge < -0.3 is 10.0 Å². The van der Waals surface area contributed by atoms with Crippen LogP contribution < -0.4 is 0 Å².